The fourth-order valence-electron chi connectivity index (χ4n) is 1.80. The van der Waals surface area contributed by atoms with Crippen LogP contribution in [0.4, 0.5) is 4.39 Å². The van der Waals surface area contributed by atoms with E-state index in [0.29, 0.717) is 6.42 Å². The quantitative estimate of drug-likeness (QED) is 0.629. The van der Waals surface area contributed by atoms with Gasteiger partial charge < -0.3 is 24.3 Å². The third-order valence-corrected chi connectivity index (χ3v) is 2.75. The Morgan fingerprint density at radius 3 is 2.95 bits per heavy atom. The van der Waals surface area contributed by atoms with Crippen LogP contribution in [0.1, 0.15) is 30.1 Å². The van der Waals surface area contributed by atoms with Gasteiger partial charge in [0.15, 0.2) is 17.3 Å². The van der Waals surface area contributed by atoms with E-state index in [1.807, 2.05) is 6.92 Å². The van der Waals surface area contributed by atoms with E-state index in [1.165, 1.54) is 0 Å². The Morgan fingerprint density at radius 1 is 1.55 bits per heavy atom. The summed E-state index contributed by atoms with van der Waals surface area (Å²) in [5.41, 5.74) is -0.351. The van der Waals surface area contributed by atoms with Crippen molar-refractivity contribution < 1.29 is 33.4 Å². The highest BCUT2D eigenvalue weighted by molar-refractivity contribution is 6.44. The SMILES string of the molecule is CCCCOc1cc(F)c2c(c1C(=O)O)OB(O)CO2. The third kappa shape index (κ3) is 2.80. The van der Waals surface area contributed by atoms with Crippen LogP contribution in [0.25, 0.3) is 0 Å². The summed E-state index contributed by atoms with van der Waals surface area (Å²) in [6.45, 7) is 1.94. The van der Waals surface area contributed by atoms with E-state index >= 15 is 0 Å². The molecule has 1 aromatic carbocycles. The molecule has 0 saturated heterocycles. The summed E-state index contributed by atoms with van der Waals surface area (Å²) in [6, 6.07) is 0.957. The lowest BCUT2D eigenvalue weighted by molar-refractivity contribution is 0.0687. The van der Waals surface area contributed by atoms with Crippen molar-refractivity contribution in [1.29, 1.82) is 0 Å². The normalized spacial score (nSPS) is 13.2. The molecule has 0 bridgehead atoms. The molecule has 0 fully saturated rings. The van der Waals surface area contributed by atoms with Gasteiger partial charge in [0.1, 0.15) is 17.8 Å². The van der Waals surface area contributed by atoms with Gasteiger partial charge in [0.25, 0.3) is 0 Å². The zero-order valence-electron chi connectivity index (χ0n) is 10.9. The molecule has 0 spiro atoms. The lowest BCUT2D eigenvalue weighted by Gasteiger charge is -2.23. The highest BCUT2D eigenvalue weighted by atomic mass is 19.1. The Bertz CT molecular complexity index is 521. The smallest absolute Gasteiger partial charge is 0.531 e. The number of hydrogen-bond donors (Lipinski definition) is 2. The summed E-state index contributed by atoms with van der Waals surface area (Å²) in [6.07, 6.45) is 1.56. The van der Waals surface area contributed by atoms with Gasteiger partial charge in [0.2, 0.25) is 0 Å². The topological polar surface area (TPSA) is 85.2 Å². The van der Waals surface area contributed by atoms with E-state index in [2.05, 4.69) is 0 Å². The first-order valence-corrected chi connectivity index (χ1v) is 6.24. The van der Waals surface area contributed by atoms with Gasteiger partial charge in [-0.1, -0.05) is 13.3 Å². The van der Waals surface area contributed by atoms with Gasteiger partial charge in [-0.15, -0.1) is 0 Å². The Labute approximate surface area is 115 Å². The molecule has 0 aliphatic carbocycles. The van der Waals surface area contributed by atoms with Crippen LogP contribution in [-0.2, 0) is 0 Å². The second kappa shape index (κ2) is 6.00. The monoisotopic (exact) mass is 284 g/mol. The average Bonchev–Trinajstić information content (AvgIpc) is 2.38. The number of unbranched alkanes of at least 4 members (excludes halogenated alkanes) is 1. The molecule has 1 aromatic rings. The Hall–Kier alpha value is -1.96. The molecule has 2 N–H and O–H groups in total. The molecule has 0 unspecified atom stereocenters. The van der Waals surface area contributed by atoms with Crippen LogP contribution < -0.4 is 14.1 Å². The second-order valence-corrected chi connectivity index (χ2v) is 4.28. The summed E-state index contributed by atoms with van der Waals surface area (Å²) in [5.74, 6) is -2.94. The largest absolute Gasteiger partial charge is 0.563 e. The second-order valence-electron chi connectivity index (χ2n) is 4.28. The van der Waals surface area contributed by atoms with E-state index in [0.717, 1.165) is 12.5 Å². The van der Waals surface area contributed by atoms with Crippen molar-refractivity contribution >= 4 is 13.1 Å². The predicted molar refractivity (Wildman–Crippen MR) is 67.9 cm³/mol. The number of ether oxygens (including phenoxy) is 2. The van der Waals surface area contributed by atoms with Crippen molar-refractivity contribution in [3.05, 3.63) is 17.4 Å². The van der Waals surface area contributed by atoms with Gasteiger partial charge in [0.05, 0.1) is 6.61 Å². The molecule has 108 valence electrons. The van der Waals surface area contributed by atoms with Crippen LogP contribution in [0.5, 0.6) is 17.2 Å². The van der Waals surface area contributed by atoms with Gasteiger partial charge in [0, 0.05) is 6.07 Å². The highest BCUT2D eigenvalue weighted by Gasteiger charge is 2.34. The van der Waals surface area contributed by atoms with Gasteiger partial charge in [-0.2, -0.15) is 0 Å². The van der Waals surface area contributed by atoms with Crippen LogP contribution in [0, 0.1) is 5.82 Å². The molecule has 2 rings (SSSR count). The molecule has 0 saturated carbocycles. The Kier molecular flexibility index (Phi) is 4.34. The average molecular weight is 284 g/mol. The molecule has 1 heterocycles. The number of carboxylic acid groups (broad SMARTS) is 1. The van der Waals surface area contributed by atoms with Gasteiger partial charge in [-0.05, 0) is 6.42 Å². The third-order valence-electron chi connectivity index (χ3n) is 2.75. The molecule has 8 heteroatoms. The first-order chi connectivity index (χ1) is 9.54. The molecule has 0 aromatic heterocycles. The molecule has 1 aliphatic rings. The van der Waals surface area contributed by atoms with E-state index in [9.17, 15) is 19.3 Å². The van der Waals surface area contributed by atoms with Crippen LogP contribution in [-0.4, -0.2) is 36.3 Å². The van der Waals surface area contributed by atoms with Crippen molar-refractivity contribution in [3.8, 4) is 17.2 Å². The van der Waals surface area contributed by atoms with E-state index in [-0.39, 0.29) is 35.9 Å². The number of rotatable bonds is 5. The van der Waals surface area contributed by atoms with Gasteiger partial charge >= 0.3 is 13.1 Å². The van der Waals surface area contributed by atoms with E-state index in [1.54, 1.807) is 0 Å². The fourth-order valence-corrected chi connectivity index (χ4v) is 1.80. The van der Waals surface area contributed by atoms with Gasteiger partial charge in [-0.25, -0.2) is 9.18 Å². The zero-order chi connectivity index (χ0) is 14.7. The lowest BCUT2D eigenvalue weighted by atomic mass is 9.91. The number of hydrogen-bond acceptors (Lipinski definition) is 5. The van der Waals surface area contributed by atoms with Crippen LogP contribution >= 0.6 is 0 Å². The van der Waals surface area contributed by atoms with Crippen molar-refractivity contribution in [1.82, 2.24) is 0 Å². The first-order valence-electron chi connectivity index (χ1n) is 6.24. The zero-order valence-corrected chi connectivity index (χ0v) is 10.9. The number of carbonyl (C=O) groups is 1. The van der Waals surface area contributed by atoms with Crippen LogP contribution in [0.15, 0.2) is 6.07 Å². The maximum absolute atomic E-state index is 13.9. The summed E-state index contributed by atoms with van der Waals surface area (Å²) < 4.78 is 29.1. The summed E-state index contributed by atoms with van der Waals surface area (Å²) in [7, 11) is -1.34. The number of benzene rings is 1. The predicted octanol–water partition coefficient (Wildman–Crippen LogP) is 1.49. The Balaban J connectivity index is 2.44. The van der Waals surface area contributed by atoms with Crippen molar-refractivity contribution in [3.63, 3.8) is 0 Å². The minimum Gasteiger partial charge on any atom is -0.531 e. The number of fused-ring (bicyclic) bond motifs is 1. The molecule has 1 aliphatic heterocycles. The number of halogens is 1. The lowest BCUT2D eigenvalue weighted by Crippen LogP contribution is -2.35. The molecular formula is C12H14BFO6. The van der Waals surface area contributed by atoms with Crippen LogP contribution in [0.3, 0.4) is 0 Å². The fraction of sp³-hybridized carbons (Fsp3) is 0.417. The minimum atomic E-state index is -1.34. The molecule has 6 nitrogen and oxygen atoms in total. The summed E-state index contributed by atoms with van der Waals surface area (Å²) in [4.78, 5) is 11.3. The number of aromatic carboxylic acids is 1. The number of carboxylic acids is 1. The van der Waals surface area contributed by atoms with Gasteiger partial charge in [-0.3, -0.25) is 0 Å². The molecule has 0 atom stereocenters. The first kappa shape index (κ1) is 14.5. The van der Waals surface area contributed by atoms with Crippen LogP contribution in [0.2, 0.25) is 0 Å². The standard InChI is InChI=1S/C12H14BFO6/c1-2-3-4-18-8-5-7(14)10-11(9(8)12(15)16)20-13(17)6-19-10/h5,17H,2-4,6H2,1H3,(H,15,16). The Morgan fingerprint density at radius 2 is 2.30 bits per heavy atom. The molecule has 0 radical (unpaired) electrons. The maximum Gasteiger partial charge on any atom is 0.563 e. The minimum absolute atomic E-state index is 0.139. The summed E-state index contributed by atoms with van der Waals surface area (Å²) >= 11 is 0. The summed E-state index contributed by atoms with van der Waals surface area (Å²) in [5, 5.41) is 18.6. The molecule has 0 amide bonds. The van der Waals surface area contributed by atoms with Crippen molar-refractivity contribution in [2.24, 2.45) is 0 Å². The van der Waals surface area contributed by atoms with E-state index in [4.69, 9.17) is 14.1 Å². The maximum atomic E-state index is 13.9. The molecule has 20 heavy (non-hydrogen) atoms. The highest BCUT2D eigenvalue weighted by Crippen LogP contribution is 2.42. The van der Waals surface area contributed by atoms with Crippen molar-refractivity contribution in [2.75, 3.05) is 13.1 Å². The molecular weight excluding hydrogens is 270 g/mol. The van der Waals surface area contributed by atoms with E-state index < -0.39 is 18.9 Å². The van der Waals surface area contributed by atoms with Crippen molar-refractivity contribution in [2.45, 2.75) is 19.8 Å².